The van der Waals surface area contributed by atoms with Gasteiger partial charge in [0, 0.05) is 0 Å². The molecule has 1 aliphatic heterocycles. The molecule has 1 heterocycles. The number of allylic oxidation sites excluding steroid dienone is 3. The lowest BCUT2D eigenvalue weighted by molar-refractivity contribution is 1.31. The molecule has 0 unspecified atom stereocenters. The SMILES string of the molecule is C1=CC2=NC=NC2=CC1.N. The Morgan fingerprint density at radius 1 is 1.40 bits per heavy atom. The molecule has 2 rings (SSSR count). The van der Waals surface area contributed by atoms with Crippen molar-refractivity contribution in [1.29, 1.82) is 0 Å². The molecule has 52 valence electrons. The van der Waals surface area contributed by atoms with E-state index in [0.717, 1.165) is 17.8 Å². The summed E-state index contributed by atoms with van der Waals surface area (Å²) in [4.78, 5) is 8.07. The monoisotopic (exact) mass is 135 g/mol. The van der Waals surface area contributed by atoms with Crippen LogP contribution < -0.4 is 6.15 Å². The minimum absolute atomic E-state index is 0. The van der Waals surface area contributed by atoms with Crippen LogP contribution in [0.1, 0.15) is 6.42 Å². The first-order valence-electron chi connectivity index (χ1n) is 2.94. The van der Waals surface area contributed by atoms with Gasteiger partial charge < -0.3 is 6.15 Å². The summed E-state index contributed by atoms with van der Waals surface area (Å²) >= 11 is 0. The van der Waals surface area contributed by atoms with Crippen LogP contribution in [0, 0.1) is 0 Å². The van der Waals surface area contributed by atoms with Gasteiger partial charge in [-0.05, 0) is 12.5 Å². The van der Waals surface area contributed by atoms with E-state index < -0.39 is 0 Å². The third-order valence-corrected chi connectivity index (χ3v) is 1.38. The third kappa shape index (κ3) is 0.910. The molecule has 0 atom stereocenters. The highest BCUT2D eigenvalue weighted by Gasteiger charge is 2.07. The van der Waals surface area contributed by atoms with Gasteiger partial charge in [0.2, 0.25) is 0 Å². The van der Waals surface area contributed by atoms with Crippen LogP contribution >= 0.6 is 0 Å². The summed E-state index contributed by atoms with van der Waals surface area (Å²) < 4.78 is 0. The second-order valence-electron chi connectivity index (χ2n) is 1.99. The molecule has 1 aliphatic carbocycles. The van der Waals surface area contributed by atoms with Crippen LogP contribution in [-0.4, -0.2) is 12.1 Å². The molecule has 2 aliphatic rings. The number of nitrogens with zero attached hydrogens (tertiary/aromatic N) is 2. The maximum atomic E-state index is 4.04. The minimum Gasteiger partial charge on any atom is -0.344 e. The van der Waals surface area contributed by atoms with E-state index in [1.807, 2.05) is 6.08 Å². The Morgan fingerprint density at radius 2 is 2.30 bits per heavy atom. The zero-order valence-electron chi connectivity index (χ0n) is 5.62. The lowest BCUT2D eigenvalue weighted by Crippen LogP contribution is -1.95. The second kappa shape index (κ2) is 2.58. The zero-order valence-corrected chi connectivity index (χ0v) is 5.62. The van der Waals surface area contributed by atoms with Crippen molar-refractivity contribution in [2.24, 2.45) is 9.98 Å². The number of hydrogen-bond acceptors (Lipinski definition) is 3. The Hall–Kier alpha value is -1.22. The van der Waals surface area contributed by atoms with Crippen LogP contribution in [0.15, 0.2) is 33.9 Å². The van der Waals surface area contributed by atoms with Crippen molar-refractivity contribution < 1.29 is 0 Å². The molecule has 0 saturated heterocycles. The van der Waals surface area contributed by atoms with Crippen molar-refractivity contribution in [3.63, 3.8) is 0 Å². The lowest BCUT2D eigenvalue weighted by Gasteiger charge is -1.98. The van der Waals surface area contributed by atoms with E-state index >= 15 is 0 Å². The van der Waals surface area contributed by atoms with E-state index in [0.29, 0.717) is 0 Å². The highest BCUT2D eigenvalue weighted by Crippen LogP contribution is 2.12. The lowest BCUT2D eigenvalue weighted by atomic mass is 10.1. The van der Waals surface area contributed by atoms with Gasteiger partial charge in [-0.1, -0.05) is 12.2 Å². The fourth-order valence-corrected chi connectivity index (χ4v) is 0.931. The molecule has 3 heteroatoms. The molecule has 0 radical (unpaired) electrons. The average Bonchev–Trinajstić information content (AvgIpc) is 2.33. The third-order valence-electron chi connectivity index (χ3n) is 1.38. The van der Waals surface area contributed by atoms with Gasteiger partial charge in [0.05, 0.1) is 11.4 Å². The van der Waals surface area contributed by atoms with Crippen LogP contribution in [0.25, 0.3) is 0 Å². The Bertz CT molecular complexity index is 246. The molecule has 0 aromatic heterocycles. The number of rotatable bonds is 0. The molecule has 0 spiro atoms. The average molecular weight is 135 g/mol. The van der Waals surface area contributed by atoms with E-state index in [2.05, 4.69) is 22.1 Å². The normalized spacial score (nSPS) is 19.2. The molecule has 0 bridgehead atoms. The highest BCUT2D eigenvalue weighted by molar-refractivity contribution is 6.14. The topological polar surface area (TPSA) is 59.7 Å². The van der Waals surface area contributed by atoms with Crippen LogP contribution in [0.5, 0.6) is 0 Å². The summed E-state index contributed by atoms with van der Waals surface area (Å²) in [5.41, 5.74) is 2.03. The van der Waals surface area contributed by atoms with Gasteiger partial charge in [-0.2, -0.15) is 0 Å². The molecule has 0 amide bonds. The van der Waals surface area contributed by atoms with Crippen molar-refractivity contribution in [3.05, 3.63) is 23.9 Å². The molecule has 0 fully saturated rings. The summed E-state index contributed by atoms with van der Waals surface area (Å²) in [6.07, 6.45) is 8.74. The minimum atomic E-state index is 0. The molecular weight excluding hydrogens is 126 g/mol. The maximum absolute atomic E-state index is 4.04. The number of fused-ring (bicyclic) bond motifs is 1. The quantitative estimate of drug-likeness (QED) is 0.537. The van der Waals surface area contributed by atoms with Crippen LogP contribution in [0.2, 0.25) is 0 Å². The highest BCUT2D eigenvalue weighted by atomic mass is 15.0. The smallest absolute Gasteiger partial charge is 0.116 e. The first kappa shape index (κ1) is 6.89. The summed E-state index contributed by atoms with van der Waals surface area (Å²) in [5.74, 6) is 0. The fourth-order valence-electron chi connectivity index (χ4n) is 0.931. The van der Waals surface area contributed by atoms with Gasteiger partial charge >= 0.3 is 0 Å². The van der Waals surface area contributed by atoms with Gasteiger partial charge in [-0.25, -0.2) is 9.98 Å². The molecular formula is C7H9N3. The maximum Gasteiger partial charge on any atom is 0.116 e. The van der Waals surface area contributed by atoms with Gasteiger partial charge in [0.25, 0.3) is 0 Å². The van der Waals surface area contributed by atoms with Crippen molar-refractivity contribution in [2.75, 3.05) is 0 Å². The van der Waals surface area contributed by atoms with E-state index in [-0.39, 0.29) is 6.15 Å². The van der Waals surface area contributed by atoms with Gasteiger partial charge in [0.1, 0.15) is 6.34 Å². The number of hydrogen-bond donors (Lipinski definition) is 1. The Balaban J connectivity index is 0.000000500. The van der Waals surface area contributed by atoms with Crippen LogP contribution in [0.4, 0.5) is 0 Å². The van der Waals surface area contributed by atoms with Crippen molar-refractivity contribution in [1.82, 2.24) is 6.15 Å². The molecule has 0 aromatic rings. The molecule has 0 saturated carbocycles. The fraction of sp³-hybridized carbons (Fsp3) is 0.143. The summed E-state index contributed by atoms with van der Waals surface area (Å²) in [6, 6.07) is 0. The van der Waals surface area contributed by atoms with Gasteiger partial charge in [0.15, 0.2) is 0 Å². The standard InChI is InChI=1S/C7H6N2.H3N/c1-2-4-7-6(3-1)8-5-9-7;/h1,3-5H,2H2;1H3. The summed E-state index contributed by atoms with van der Waals surface area (Å²) in [7, 11) is 0. The van der Waals surface area contributed by atoms with E-state index in [9.17, 15) is 0 Å². The molecule has 0 aromatic carbocycles. The van der Waals surface area contributed by atoms with E-state index in [4.69, 9.17) is 0 Å². The molecule has 10 heavy (non-hydrogen) atoms. The summed E-state index contributed by atoms with van der Waals surface area (Å²) in [5, 5.41) is 0. The molecule has 3 nitrogen and oxygen atoms in total. The first-order valence-corrected chi connectivity index (χ1v) is 2.94. The van der Waals surface area contributed by atoms with E-state index in [1.54, 1.807) is 6.34 Å². The zero-order chi connectivity index (χ0) is 6.10. The van der Waals surface area contributed by atoms with Crippen LogP contribution in [0.3, 0.4) is 0 Å². The van der Waals surface area contributed by atoms with E-state index in [1.165, 1.54) is 0 Å². The van der Waals surface area contributed by atoms with Crippen molar-refractivity contribution in [3.8, 4) is 0 Å². The van der Waals surface area contributed by atoms with Crippen molar-refractivity contribution >= 4 is 12.1 Å². The van der Waals surface area contributed by atoms with Crippen molar-refractivity contribution in [2.45, 2.75) is 6.42 Å². The Morgan fingerprint density at radius 3 is 3.10 bits per heavy atom. The first-order chi connectivity index (χ1) is 4.47. The van der Waals surface area contributed by atoms with Crippen LogP contribution in [-0.2, 0) is 0 Å². The predicted octanol–water partition coefficient (Wildman–Crippen LogP) is 1.48. The largest absolute Gasteiger partial charge is 0.344 e. The molecule has 3 N–H and O–H groups in total. The number of aliphatic imine (C=N–C) groups is 2. The summed E-state index contributed by atoms with van der Waals surface area (Å²) in [6.45, 7) is 0. The second-order valence-corrected chi connectivity index (χ2v) is 1.99. The van der Waals surface area contributed by atoms with Gasteiger partial charge in [-0.15, -0.1) is 0 Å². The predicted molar refractivity (Wildman–Crippen MR) is 42.8 cm³/mol. The Kier molecular flexibility index (Phi) is 1.78. The Labute approximate surface area is 59.5 Å². The van der Waals surface area contributed by atoms with Gasteiger partial charge in [-0.3, -0.25) is 0 Å².